The van der Waals surface area contributed by atoms with Crippen molar-refractivity contribution in [3.05, 3.63) is 66.2 Å². The number of rotatable bonds is 3. The van der Waals surface area contributed by atoms with E-state index in [1.165, 1.54) is 36.9 Å². The molecule has 0 radical (unpaired) electrons. The van der Waals surface area contributed by atoms with Crippen molar-refractivity contribution in [1.29, 1.82) is 0 Å². The second-order valence-electron chi connectivity index (χ2n) is 9.34. The lowest BCUT2D eigenvalue weighted by atomic mass is 9.77. The van der Waals surface area contributed by atoms with E-state index in [0.717, 1.165) is 25.9 Å². The van der Waals surface area contributed by atoms with Gasteiger partial charge in [-0.3, -0.25) is 9.69 Å². The standard InChI is InChI=1S/C26H33N3O/c1-27-20-29(22-12-6-3-7-13-22)26(25(27)30)16-18-28(19-17-26)24-15-9-8-14-23(24)21-10-4-2-5-11-21/h2-7,10-13,23-24H,8-9,14-20H2,1H3/t23-,24-/m1/s1. The fourth-order valence-corrected chi connectivity index (χ4v) is 6.17. The second-order valence-corrected chi connectivity index (χ2v) is 9.34. The number of benzene rings is 2. The molecule has 158 valence electrons. The number of hydrogen-bond donors (Lipinski definition) is 0. The predicted molar refractivity (Wildman–Crippen MR) is 122 cm³/mol. The summed E-state index contributed by atoms with van der Waals surface area (Å²) in [5.41, 5.74) is 2.29. The van der Waals surface area contributed by atoms with Gasteiger partial charge in [-0.25, -0.2) is 0 Å². The molecule has 4 heteroatoms. The van der Waals surface area contributed by atoms with E-state index in [9.17, 15) is 4.79 Å². The van der Waals surface area contributed by atoms with Crippen LogP contribution in [0.1, 0.15) is 50.0 Å². The molecule has 30 heavy (non-hydrogen) atoms. The Morgan fingerprint density at radius 2 is 1.50 bits per heavy atom. The lowest BCUT2D eigenvalue weighted by Crippen LogP contribution is -2.58. The zero-order valence-electron chi connectivity index (χ0n) is 18.0. The minimum atomic E-state index is -0.372. The van der Waals surface area contributed by atoms with Gasteiger partial charge in [0.25, 0.3) is 0 Å². The zero-order valence-corrected chi connectivity index (χ0v) is 18.0. The van der Waals surface area contributed by atoms with Gasteiger partial charge < -0.3 is 9.80 Å². The Morgan fingerprint density at radius 3 is 2.20 bits per heavy atom. The topological polar surface area (TPSA) is 26.8 Å². The number of likely N-dealkylation sites (tertiary alicyclic amines) is 1. The van der Waals surface area contributed by atoms with Crippen molar-refractivity contribution >= 4 is 11.6 Å². The average Bonchev–Trinajstić information content (AvgIpc) is 3.06. The number of carbonyl (C=O) groups is 1. The summed E-state index contributed by atoms with van der Waals surface area (Å²) in [6.07, 6.45) is 7.06. The van der Waals surface area contributed by atoms with Crippen LogP contribution in [-0.4, -0.2) is 54.1 Å². The summed E-state index contributed by atoms with van der Waals surface area (Å²) in [5.74, 6) is 0.926. The van der Waals surface area contributed by atoms with Crippen LogP contribution >= 0.6 is 0 Å². The van der Waals surface area contributed by atoms with Gasteiger partial charge in [0.1, 0.15) is 5.54 Å². The predicted octanol–water partition coefficient (Wildman–Crippen LogP) is 4.48. The highest BCUT2D eigenvalue weighted by molar-refractivity contribution is 5.93. The SMILES string of the molecule is CN1CN(c2ccccc2)C2(CCN([C@@H]3CCCC[C@@H]3c3ccccc3)CC2)C1=O. The molecule has 2 aliphatic heterocycles. The first-order valence-electron chi connectivity index (χ1n) is 11.6. The molecule has 5 rings (SSSR count). The Bertz CT molecular complexity index is 860. The third kappa shape index (κ3) is 3.31. The third-order valence-corrected chi connectivity index (χ3v) is 7.73. The van der Waals surface area contributed by atoms with E-state index >= 15 is 0 Å². The smallest absolute Gasteiger partial charge is 0.249 e. The van der Waals surface area contributed by atoms with E-state index in [1.54, 1.807) is 0 Å². The van der Waals surface area contributed by atoms with E-state index in [2.05, 4.69) is 64.4 Å². The van der Waals surface area contributed by atoms with Crippen molar-refractivity contribution in [2.24, 2.45) is 0 Å². The van der Waals surface area contributed by atoms with E-state index in [4.69, 9.17) is 0 Å². The van der Waals surface area contributed by atoms with Crippen LogP contribution in [0.4, 0.5) is 5.69 Å². The van der Waals surface area contributed by atoms with E-state index < -0.39 is 0 Å². The summed E-state index contributed by atoms with van der Waals surface area (Å²) in [7, 11) is 1.95. The van der Waals surface area contributed by atoms with E-state index in [-0.39, 0.29) is 5.54 Å². The number of para-hydroxylation sites is 1. The fourth-order valence-electron chi connectivity index (χ4n) is 6.17. The normalized spacial score (nSPS) is 27.0. The molecule has 1 aliphatic carbocycles. The molecule has 0 bridgehead atoms. The first-order valence-corrected chi connectivity index (χ1v) is 11.6. The van der Waals surface area contributed by atoms with Crippen molar-refractivity contribution in [1.82, 2.24) is 9.80 Å². The third-order valence-electron chi connectivity index (χ3n) is 7.73. The molecule has 3 aliphatic rings. The van der Waals surface area contributed by atoms with Gasteiger partial charge in [-0.05, 0) is 49.3 Å². The Kier molecular flexibility index (Phi) is 5.28. The Balaban J connectivity index is 1.36. The Labute approximate surface area is 180 Å². The molecule has 3 fully saturated rings. The quantitative estimate of drug-likeness (QED) is 0.756. The Morgan fingerprint density at radius 1 is 0.867 bits per heavy atom. The molecule has 1 saturated carbocycles. The first kappa shape index (κ1) is 19.6. The highest BCUT2D eigenvalue weighted by atomic mass is 16.2. The maximum Gasteiger partial charge on any atom is 0.249 e. The van der Waals surface area contributed by atoms with E-state index in [1.807, 2.05) is 18.0 Å². The first-order chi connectivity index (χ1) is 14.7. The Hall–Kier alpha value is -2.33. The lowest BCUT2D eigenvalue weighted by Gasteiger charge is -2.48. The van der Waals surface area contributed by atoms with Crippen LogP contribution in [-0.2, 0) is 4.79 Å². The summed E-state index contributed by atoms with van der Waals surface area (Å²) < 4.78 is 0. The van der Waals surface area contributed by atoms with Gasteiger partial charge in [0.2, 0.25) is 5.91 Å². The van der Waals surface area contributed by atoms with Crippen LogP contribution in [0.25, 0.3) is 0 Å². The summed E-state index contributed by atoms with van der Waals surface area (Å²) in [5, 5.41) is 0. The van der Waals surface area contributed by atoms with Crippen LogP contribution in [0.3, 0.4) is 0 Å². The summed E-state index contributed by atoms with van der Waals surface area (Å²) >= 11 is 0. The summed E-state index contributed by atoms with van der Waals surface area (Å²) in [6, 6.07) is 22.2. The molecule has 1 amide bonds. The molecule has 0 N–H and O–H groups in total. The van der Waals surface area contributed by atoms with Gasteiger partial charge in [-0.1, -0.05) is 61.4 Å². The summed E-state index contributed by atoms with van der Waals surface area (Å²) in [6.45, 7) is 2.72. The van der Waals surface area contributed by atoms with Crippen LogP contribution < -0.4 is 4.90 Å². The summed E-state index contributed by atoms with van der Waals surface area (Å²) in [4.78, 5) is 20.3. The molecule has 2 heterocycles. The van der Waals surface area contributed by atoms with Crippen LogP contribution in [0.5, 0.6) is 0 Å². The van der Waals surface area contributed by atoms with Gasteiger partial charge in [0.05, 0.1) is 6.67 Å². The molecule has 0 unspecified atom stereocenters. The molecule has 2 saturated heterocycles. The number of amides is 1. The number of likely N-dealkylation sites (N-methyl/N-ethyl adjacent to an activating group) is 1. The van der Waals surface area contributed by atoms with Crippen molar-refractivity contribution in [2.75, 3.05) is 31.7 Å². The molecule has 4 nitrogen and oxygen atoms in total. The number of piperidine rings is 1. The fraction of sp³-hybridized carbons (Fsp3) is 0.500. The van der Waals surface area contributed by atoms with Gasteiger partial charge in [-0.2, -0.15) is 0 Å². The van der Waals surface area contributed by atoms with Crippen LogP contribution in [0, 0.1) is 0 Å². The maximum atomic E-state index is 13.3. The number of nitrogens with zero attached hydrogens (tertiary/aromatic N) is 3. The minimum absolute atomic E-state index is 0.300. The molecular formula is C26H33N3O. The highest BCUT2D eigenvalue weighted by Gasteiger charge is 2.53. The van der Waals surface area contributed by atoms with E-state index in [0.29, 0.717) is 24.5 Å². The van der Waals surface area contributed by atoms with Gasteiger partial charge in [0.15, 0.2) is 0 Å². The van der Waals surface area contributed by atoms with Gasteiger partial charge in [0, 0.05) is 31.9 Å². The molecule has 2 aromatic carbocycles. The number of anilines is 1. The van der Waals surface area contributed by atoms with Crippen molar-refractivity contribution in [3.8, 4) is 0 Å². The van der Waals surface area contributed by atoms with Crippen molar-refractivity contribution in [3.63, 3.8) is 0 Å². The monoisotopic (exact) mass is 403 g/mol. The molecule has 1 spiro atoms. The van der Waals surface area contributed by atoms with Gasteiger partial charge >= 0.3 is 0 Å². The molecule has 0 aromatic heterocycles. The largest absolute Gasteiger partial charge is 0.339 e. The maximum absolute atomic E-state index is 13.3. The molecular weight excluding hydrogens is 370 g/mol. The molecule has 2 atom stereocenters. The number of hydrogen-bond acceptors (Lipinski definition) is 3. The average molecular weight is 404 g/mol. The van der Waals surface area contributed by atoms with Crippen molar-refractivity contribution in [2.45, 2.75) is 56.0 Å². The van der Waals surface area contributed by atoms with Crippen LogP contribution in [0.2, 0.25) is 0 Å². The molecule has 2 aromatic rings. The second kappa shape index (κ2) is 8.07. The van der Waals surface area contributed by atoms with Crippen LogP contribution in [0.15, 0.2) is 60.7 Å². The number of carbonyl (C=O) groups excluding carboxylic acids is 1. The minimum Gasteiger partial charge on any atom is -0.339 e. The van der Waals surface area contributed by atoms with Crippen molar-refractivity contribution < 1.29 is 4.79 Å². The highest BCUT2D eigenvalue weighted by Crippen LogP contribution is 2.42. The zero-order chi connectivity index (χ0) is 20.6. The lowest BCUT2D eigenvalue weighted by molar-refractivity contribution is -0.132. The van der Waals surface area contributed by atoms with Gasteiger partial charge in [-0.15, -0.1) is 0 Å².